The third kappa shape index (κ3) is 27.7. The number of hydrogen-bond acceptors (Lipinski definition) is 3. The number of carbonyl (C=O) groups excluding carboxylic acids is 2. The zero-order valence-corrected chi connectivity index (χ0v) is 14.7. The van der Waals surface area contributed by atoms with Crippen LogP contribution in [0.15, 0.2) is 30.3 Å². The van der Waals surface area contributed by atoms with Gasteiger partial charge in [-0.05, 0) is 26.3 Å². The lowest BCUT2D eigenvalue weighted by molar-refractivity contribution is -0.117. The number of hydrogen-bond donors (Lipinski definition) is 0. The second-order valence-electron chi connectivity index (χ2n) is 4.00. The number of carbonyl (C=O) groups is 2. The lowest BCUT2D eigenvalue weighted by Gasteiger charge is -1.93. The Morgan fingerprint density at radius 2 is 1.33 bits per heavy atom. The molecule has 122 valence electrons. The van der Waals surface area contributed by atoms with E-state index in [1.165, 1.54) is 0 Å². The Morgan fingerprint density at radius 1 is 0.952 bits per heavy atom. The van der Waals surface area contributed by atoms with E-state index >= 15 is 0 Å². The van der Waals surface area contributed by atoms with Crippen LogP contribution in [0.25, 0.3) is 0 Å². The van der Waals surface area contributed by atoms with Crippen LogP contribution in [0.2, 0.25) is 0 Å². The molecule has 0 saturated carbocycles. The van der Waals surface area contributed by atoms with E-state index < -0.39 is 0 Å². The van der Waals surface area contributed by atoms with Gasteiger partial charge in [-0.15, -0.1) is 0 Å². The summed E-state index contributed by atoms with van der Waals surface area (Å²) in [7, 11) is 1.68. The summed E-state index contributed by atoms with van der Waals surface area (Å²) in [5, 5.41) is 0. The maximum Gasteiger partial charge on any atom is 0.134 e. The Bertz CT molecular complexity index is 330. The van der Waals surface area contributed by atoms with Crippen LogP contribution >= 0.6 is 0 Å². The lowest BCUT2D eigenvalue weighted by Crippen LogP contribution is -1.94. The third-order valence-corrected chi connectivity index (χ3v) is 2.08. The molecule has 21 heavy (non-hydrogen) atoms. The SMILES string of the molecule is CC.CC(=O)Cc1ccccc1.CCC(C)=O.CCOC. The minimum absolute atomic E-state index is 0.214. The van der Waals surface area contributed by atoms with Crippen molar-refractivity contribution >= 4 is 11.6 Å². The average molecular weight is 296 g/mol. The third-order valence-electron chi connectivity index (χ3n) is 2.08. The molecule has 0 atom stereocenters. The quantitative estimate of drug-likeness (QED) is 0.822. The van der Waals surface area contributed by atoms with Gasteiger partial charge in [0.1, 0.15) is 11.6 Å². The molecule has 0 N–H and O–H groups in total. The van der Waals surface area contributed by atoms with Crippen LogP contribution in [0.3, 0.4) is 0 Å². The summed E-state index contributed by atoms with van der Waals surface area (Å²) in [6.45, 7) is 11.8. The summed E-state index contributed by atoms with van der Waals surface area (Å²) in [6.07, 6.45) is 1.22. The standard InChI is InChI=1S/C9H10O.C4H8O.C3H8O.C2H6/c1-8(10)7-9-5-3-2-4-6-9;1-3-4(2)5;1-3-4-2;1-2/h2-6H,7H2,1H3;3H2,1-2H3;3H2,1-2H3;1-2H3. The number of Topliss-reactive ketones (excluding diaryl/α,β-unsaturated/α-hetero) is 2. The van der Waals surface area contributed by atoms with Crippen molar-refractivity contribution in [2.45, 2.75) is 54.4 Å². The molecular formula is C18H32O3. The number of ketones is 2. The largest absolute Gasteiger partial charge is 0.385 e. The topological polar surface area (TPSA) is 43.4 Å². The Balaban J connectivity index is -0.000000250. The molecule has 0 aromatic heterocycles. The molecule has 0 amide bonds. The molecule has 0 heterocycles. The normalized spacial score (nSPS) is 7.95. The molecule has 1 aromatic carbocycles. The fourth-order valence-electron chi connectivity index (χ4n) is 0.883. The number of rotatable bonds is 4. The van der Waals surface area contributed by atoms with Gasteiger partial charge in [-0.1, -0.05) is 51.1 Å². The van der Waals surface area contributed by atoms with E-state index in [1.807, 2.05) is 58.0 Å². The van der Waals surface area contributed by atoms with Gasteiger partial charge >= 0.3 is 0 Å². The minimum atomic E-state index is 0.214. The van der Waals surface area contributed by atoms with Gasteiger partial charge in [-0.3, -0.25) is 4.79 Å². The average Bonchev–Trinajstić information content (AvgIpc) is 2.50. The van der Waals surface area contributed by atoms with E-state index in [4.69, 9.17) is 0 Å². The van der Waals surface area contributed by atoms with Gasteiger partial charge in [0.25, 0.3) is 0 Å². The molecule has 3 nitrogen and oxygen atoms in total. The van der Waals surface area contributed by atoms with Gasteiger partial charge in [0, 0.05) is 26.6 Å². The highest BCUT2D eigenvalue weighted by Crippen LogP contribution is 1.98. The Morgan fingerprint density at radius 3 is 1.57 bits per heavy atom. The molecule has 0 saturated heterocycles. The zero-order chi connectivity index (χ0) is 17.1. The first-order valence-corrected chi connectivity index (χ1v) is 7.49. The molecule has 0 fully saturated rings. The molecule has 1 aromatic rings. The van der Waals surface area contributed by atoms with Crippen molar-refractivity contribution in [2.75, 3.05) is 13.7 Å². The molecule has 0 bridgehead atoms. The van der Waals surface area contributed by atoms with Crippen molar-refractivity contribution in [1.82, 2.24) is 0 Å². The predicted molar refractivity (Wildman–Crippen MR) is 90.7 cm³/mol. The summed E-state index contributed by atoms with van der Waals surface area (Å²) in [5.41, 5.74) is 1.09. The molecule has 1 rings (SSSR count). The zero-order valence-electron chi connectivity index (χ0n) is 14.7. The van der Waals surface area contributed by atoms with Crippen LogP contribution in [0, 0.1) is 0 Å². The highest BCUT2D eigenvalue weighted by atomic mass is 16.5. The van der Waals surface area contributed by atoms with E-state index in [-0.39, 0.29) is 11.6 Å². The maximum absolute atomic E-state index is 10.6. The van der Waals surface area contributed by atoms with Gasteiger partial charge in [0.2, 0.25) is 0 Å². The first-order chi connectivity index (χ1) is 9.97. The summed E-state index contributed by atoms with van der Waals surface area (Å²) < 4.78 is 4.54. The van der Waals surface area contributed by atoms with E-state index in [0.29, 0.717) is 12.8 Å². The van der Waals surface area contributed by atoms with Gasteiger partial charge in [-0.2, -0.15) is 0 Å². The second kappa shape index (κ2) is 20.8. The molecular weight excluding hydrogens is 264 g/mol. The lowest BCUT2D eigenvalue weighted by atomic mass is 10.1. The van der Waals surface area contributed by atoms with Crippen LogP contribution in [-0.4, -0.2) is 25.3 Å². The monoisotopic (exact) mass is 296 g/mol. The van der Waals surface area contributed by atoms with E-state index in [9.17, 15) is 9.59 Å². The van der Waals surface area contributed by atoms with Crippen molar-refractivity contribution in [2.24, 2.45) is 0 Å². The summed E-state index contributed by atoms with van der Waals surface area (Å²) in [6, 6.07) is 9.75. The second-order valence-corrected chi connectivity index (χ2v) is 4.00. The van der Waals surface area contributed by atoms with Crippen molar-refractivity contribution in [3.8, 4) is 0 Å². The van der Waals surface area contributed by atoms with Gasteiger partial charge in [0.15, 0.2) is 0 Å². The van der Waals surface area contributed by atoms with Crippen molar-refractivity contribution in [1.29, 1.82) is 0 Å². The minimum Gasteiger partial charge on any atom is -0.385 e. The van der Waals surface area contributed by atoms with Crippen LogP contribution < -0.4 is 0 Å². The number of benzene rings is 1. The molecule has 0 aliphatic heterocycles. The highest BCUT2D eigenvalue weighted by molar-refractivity contribution is 5.78. The number of methoxy groups -OCH3 is 1. The summed E-state index contributed by atoms with van der Waals surface area (Å²) in [4.78, 5) is 20.4. The summed E-state index contributed by atoms with van der Waals surface area (Å²) >= 11 is 0. The first-order valence-electron chi connectivity index (χ1n) is 7.49. The summed E-state index contributed by atoms with van der Waals surface area (Å²) in [5.74, 6) is 0.469. The molecule has 0 unspecified atom stereocenters. The Labute approximate surface area is 130 Å². The fraction of sp³-hybridized carbons (Fsp3) is 0.556. The van der Waals surface area contributed by atoms with Crippen molar-refractivity contribution in [3.05, 3.63) is 35.9 Å². The van der Waals surface area contributed by atoms with Crippen molar-refractivity contribution < 1.29 is 14.3 Å². The Hall–Kier alpha value is -1.48. The van der Waals surface area contributed by atoms with E-state index in [1.54, 1.807) is 21.0 Å². The molecule has 0 aliphatic rings. The fourth-order valence-corrected chi connectivity index (χ4v) is 0.883. The first kappa shape index (κ1) is 24.5. The maximum atomic E-state index is 10.6. The van der Waals surface area contributed by atoms with Gasteiger partial charge in [-0.25, -0.2) is 0 Å². The van der Waals surface area contributed by atoms with Gasteiger partial charge < -0.3 is 9.53 Å². The molecule has 0 aliphatic carbocycles. The Kier molecular flexibility index (Phi) is 24.3. The molecule has 3 heteroatoms. The van der Waals surface area contributed by atoms with Gasteiger partial charge in [0.05, 0.1) is 0 Å². The van der Waals surface area contributed by atoms with Crippen LogP contribution in [0.5, 0.6) is 0 Å². The van der Waals surface area contributed by atoms with Crippen LogP contribution in [0.1, 0.15) is 53.5 Å². The van der Waals surface area contributed by atoms with Crippen LogP contribution in [0.4, 0.5) is 0 Å². The molecule has 0 spiro atoms. The molecule has 0 radical (unpaired) electrons. The highest BCUT2D eigenvalue weighted by Gasteiger charge is 1.93. The predicted octanol–water partition coefficient (Wildman–Crippen LogP) is 4.48. The van der Waals surface area contributed by atoms with E-state index in [2.05, 4.69) is 4.74 Å². The smallest absolute Gasteiger partial charge is 0.134 e. The van der Waals surface area contributed by atoms with Crippen LogP contribution in [-0.2, 0) is 20.7 Å². The van der Waals surface area contributed by atoms with E-state index in [0.717, 1.165) is 12.2 Å². The number of ether oxygens (including phenoxy) is 1. The van der Waals surface area contributed by atoms with Crippen molar-refractivity contribution in [3.63, 3.8) is 0 Å².